The van der Waals surface area contributed by atoms with Crippen molar-refractivity contribution in [3.63, 3.8) is 0 Å². The molecule has 0 aliphatic heterocycles. The maximum atomic E-state index is 11.9. The van der Waals surface area contributed by atoms with Gasteiger partial charge in [0.05, 0.1) is 12.5 Å². The molecule has 0 aromatic carbocycles. The summed E-state index contributed by atoms with van der Waals surface area (Å²) in [4.78, 5) is 22.9. The summed E-state index contributed by atoms with van der Waals surface area (Å²) in [6.45, 7) is 4.51. The van der Waals surface area contributed by atoms with Crippen molar-refractivity contribution in [2.24, 2.45) is 28.6 Å². The van der Waals surface area contributed by atoms with Crippen LogP contribution in [0.25, 0.3) is 0 Å². The number of hydrogen-bond acceptors (Lipinski definition) is 3. The topological polar surface area (TPSA) is 74.6 Å². The Morgan fingerprint density at radius 2 is 2.00 bits per heavy atom. The van der Waals surface area contributed by atoms with E-state index in [1.807, 2.05) is 12.2 Å². The van der Waals surface area contributed by atoms with Crippen LogP contribution in [0.5, 0.6) is 0 Å². The van der Waals surface area contributed by atoms with Gasteiger partial charge in [0.15, 0.2) is 5.78 Å². The lowest BCUT2D eigenvalue weighted by atomic mass is 9.46. The minimum Gasteiger partial charge on any atom is -0.481 e. The molecular formula is C22H30O4. The SMILES string of the molecule is C[C@]12CCC(=O)C=C1CC[C@@H]1[C@@H]2C(O)C[C@]2(C)C(=CCC(=O)O)CC[C@@H]12. The first-order valence-corrected chi connectivity index (χ1v) is 10.1. The van der Waals surface area contributed by atoms with Crippen LogP contribution in [0.3, 0.4) is 0 Å². The molecule has 2 N–H and O–H groups in total. The lowest BCUT2D eigenvalue weighted by Crippen LogP contribution is -2.55. The van der Waals surface area contributed by atoms with Crippen LogP contribution in [-0.4, -0.2) is 28.1 Å². The van der Waals surface area contributed by atoms with Crippen LogP contribution in [0, 0.1) is 28.6 Å². The van der Waals surface area contributed by atoms with Gasteiger partial charge in [-0.1, -0.05) is 31.1 Å². The monoisotopic (exact) mass is 358 g/mol. The normalized spacial score (nSPS) is 46.3. The van der Waals surface area contributed by atoms with Gasteiger partial charge in [0.2, 0.25) is 0 Å². The third kappa shape index (κ3) is 2.52. The molecule has 4 aliphatic carbocycles. The molecule has 0 spiro atoms. The molecule has 6 atom stereocenters. The third-order valence-corrected chi connectivity index (χ3v) is 8.27. The quantitative estimate of drug-likeness (QED) is 0.735. The van der Waals surface area contributed by atoms with Gasteiger partial charge in [-0.3, -0.25) is 9.59 Å². The fourth-order valence-electron chi connectivity index (χ4n) is 7.08. The number of aliphatic hydroxyl groups excluding tert-OH is 1. The van der Waals surface area contributed by atoms with E-state index in [-0.39, 0.29) is 35.1 Å². The minimum atomic E-state index is -0.786. The summed E-state index contributed by atoms with van der Waals surface area (Å²) in [5, 5.41) is 20.3. The number of fused-ring (bicyclic) bond motifs is 5. The second-order valence-corrected chi connectivity index (χ2v) is 9.44. The van der Waals surface area contributed by atoms with Crippen molar-refractivity contribution in [3.8, 4) is 0 Å². The van der Waals surface area contributed by atoms with Gasteiger partial charge in [-0.05, 0) is 73.2 Å². The smallest absolute Gasteiger partial charge is 0.307 e. The first kappa shape index (κ1) is 18.0. The summed E-state index contributed by atoms with van der Waals surface area (Å²) in [6.07, 6.45) is 9.73. The number of carbonyl (C=O) groups is 2. The standard InChI is InChI=1S/C22H30O4/c1-21-10-9-15(23)11-14(21)3-6-16-17-7-4-13(5-8-19(25)26)22(17,2)12-18(24)20(16)21/h5,11,16-18,20,24H,3-4,6-10,12H2,1-2H3,(H,25,26)/t16-,17-,18?,20+,21-,22+/m0/s1. The number of carboxylic acid groups (broad SMARTS) is 1. The molecule has 3 fully saturated rings. The number of aliphatic carboxylic acids is 1. The summed E-state index contributed by atoms with van der Waals surface area (Å²) in [5.41, 5.74) is 2.38. The molecule has 26 heavy (non-hydrogen) atoms. The Bertz CT molecular complexity index is 705. The molecule has 0 radical (unpaired) electrons. The highest BCUT2D eigenvalue weighted by atomic mass is 16.4. The highest BCUT2D eigenvalue weighted by Gasteiger charge is 2.60. The summed E-state index contributed by atoms with van der Waals surface area (Å²) in [6, 6.07) is 0. The number of carboxylic acids is 1. The zero-order valence-corrected chi connectivity index (χ0v) is 15.8. The second-order valence-electron chi connectivity index (χ2n) is 9.44. The molecule has 4 aliphatic rings. The number of rotatable bonds is 2. The molecule has 4 heteroatoms. The summed E-state index contributed by atoms with van der Waals surface area (Å²) >= 11 is 0. The summed E-state index contributed by atoms with van der Waals surface area (Å²) < 4.78 is 0. The fraction of sp³-hybridized carbons (Fsp3) is 0.727. The van der Waals surface area contributed by atoms with Gasteiger partial charge in [-0.25, -0.2) is 0 Å². The van der Waals surface area contributed by atoms with E-state index in [9.17, 15) is 14.7 Å². The maximum absolute atomic E-state index is 11.9. The number of carbonyl (C=O) groups excluding carboxylic acids is 1. The number of aliphatic hydroxyl groups is 1. The second kappa shape index (κ2) is 6.05. The Hall–Kier alpha value is -1.42. The van der Waals surface area contributed by atoms with Gasteiger partial charge in [0.1, 0.15) is 0 Å². The molecule has 0 saturated heterocycles. The molecular weight excluding hydrogens is 328 g/mol. The van der Waals surface area contributed by atoms with Crippen LogP contribution in [0.15, 0.2) is 23.3 Å². The number of ketones is 1. The van der Waals surface area contributed by atoms with Crippen LogP contribution in [0.4, 0.5) is 0 Å². The highest BCUT2D eigenvalue weighted by molar-refractivity contribution is 5.91. The van der Waals surface area contributed by atoms with E-state index >= 15 is 0 Å². The van der Waals surface area contributed by atoms with E-state index in [0.717, 1.165) is 38.5 Å². The summed E-state index contributed by atoms with van der Waals surface area (Å²) in [7, 11) is 0. The van der Waals surface area contributed by atoms with Crippen LogP contribution in [-0.2, 0) is 9.59 Å². The van der Waals surface area contributed by atoms with E-state index in [2.05, 4.69) is 13.8 Å². The van der Waals surface area contributed by atoms with Crippen molar-refractivity contribution in [1.29, 1.82) is 0 Å². The molecule has 0 heterocycles. The van der Waals surface area contributed by atoms with Gasteiger partial charge in [-0.15, -0.1) is 0 Å². The molecule has 4 nitrogen and oxygen atoms in total. The van der Waals surface area contributed by atoms with E-state index in [1.165, 1.54) is 11.1 Å². The lowest BCUT2D eigenvalue weighted by Gasteiger charge is -2.59. The summed E-state index contributed by atoms with van der Waals surface area (Å²) in [5.74, 6) is 0.672. The van der Waals surface area contributed by atoms with Crippen molar-refractivity contribution in [2.75, 3.05) is 0 Å². The van der Waals surface area contributed by atoms with Gasteiger partial charge in [0, 0.05) is 6.42 Å². The average molecular weight is 358 g/mol. The lowest BCUT2D eigenvalue weighted by molar-refractivity contribution is -0.136. The molecule has 0 aromatic rings. The molecule has 4 rings (SSSR count). The van der Waals surface area contributed by atoms with Crippen LogP contribution in [0.2, 0.25) is 0 Å². The molecule has 0 bridgehead atoms. The zero-order chi connectivity index (χ0) is 18.7. The fourth-order valence-corrected chi connectivity index (χ4v) is 7.08. The Kier molecular flexibility index (Phi) is 4.18. The first-order valence-electron chi connectivity index (χ1n) is 10.1. The Morgan fingerprint density at radius 1 is 1.23 bits per heavy atom. The van der Waals surface area contributed by atoms with Gasteiger partial charge < -0.3 is 10.2 Å². The Balaban J connectivity index is 1.68. The maximum Gasteiger partial charge on any atom is 0.307 e. The molecule has 142 valence electrons. The average Bonchev–Trinajstić information content (AvgIpc) is 2.89. The van der Waals surface area contributed by atoms with Gasteiger partial charge in [0.25, 0.3) is 0 Å². The predicted octanol–water partition coefficient (Wildman–Crippen LogP) is 3.89. The van der Waals surface area contributed by atoms with Crippen LogP contribution >= 0.6 is 0 Å². The number of allylic oxidation sites excluding steroid dienone is 2. The molecule has 1 unspecified atom stereocenters. The first-order chi connectivity index (χ1) is 12.3. The highest BCUT2D eigenvalue weighted by Crippen LogP contribution is 2.66. The van der Waals surface area contributed by atoms with Crippen LogP contribution < -0.4 is 0 Å². The van der Waals surface area contributed by atoms with Gasteiger partial charge in [-0.2, -0.15) is 0 Å². The predicted molar refractivity (Wildman–Crippen MR) is 98.4 cm³/mol. The van der Waals surface area contributed by atoms with Crippen LogP contribution in [0.1, 0.15) is 65.2 Å². The van der Waals surface area contributed by atoms with E-state index in [1.54, 1.807) is 0 Å². The Morgan fingerprint density at radius 3 is 2.73 bits per heavy atom. The minimum absolute atomic E-state index is 0.0505. The van der Waals surface area contributed by atoms with E-state index in [0.29, 0.717) is 18.3 Å². The largest absolute Gasteiger partial charge is 0.481 e. The van der Waals surface area contributed by atoms with E-state index in [4.69, 9.17) is 5.11 Å². The third-order valence-electron chi connectivity index (χ3n) is 8.27. The van der Waals surface area contributed by atoms with Crippen molar-refractivity contribution < 1.29 is 19.8 Å². The molecule has 3 saturated carbocycles. The Labute approximate surface area is 155 Å². The van der Waals surface area contributed by atoms with Crippen molar-refractivity contribution in [1.82, 2.24) is 0 Å². The van der Waals surface area contributed by atoms with E-state index < -0.39 is 5.97 Å². The number of hydrogen-bond donors (Lipinski definition) is 2. The van der Waals surface area contributed by atoms with Crippen molar-refractivity contribution in [3.05, 3.63) is 23.3 Å². The molecule has 0 aromatic heterocycles. The zero-order valence-electron chi connectivity index (χ0n) is 15.8. The van der Waals surface area contributed by atoms with Crippen molar-refractivity contribution in [2.45, 2.75) is 71.3 Å². The molecule has 0 amide bonds. The van der Waals surface area contributed by atoms with Crippen molar-refractivity contribution >= 4 is 11.8 Å². The van der Waals surface area contributed by atoms with Gasteiger partial charge >= 0.3 is 5.97 Å².